The van der Waals surface area contributed by atoms with Crippen LogP contribution in [0, 0.1) is 12.8 Å². The first-order chi connectivity index (χ1) is 8.66. The summed E-state index contributed by atoms with van der Waals surface area (Å²) in [5.74, 6) is 1.35. The van der Waals surface area contributed by atoms with Crippen LogP contribution >= 0.6 is 0 Å². The van der Waals surface area contributed by atoms with Crippen molar-refractivity contribution in [3.63, 3.8) is 0 Å². The molecule has 0 spiro atoms. The van der Waals surface area contributed by atoms with E-state index in [0.29, 0.717) is 12.5 Å². The third kappa shape index (κ3) is 3.47. The largest absolute Gasteiger partial charge is 0.492 e. The summed E-state index contributed by atoms with van der Waals surface area (Å²) in [5, 5.41) is 9.68. The fourth-order valence-corrected chi connectivity index (χ4v) is 2.43. The number of rotatable bonds is 4. The van der Waals surface area contributed by atoms with Crippen LogP contribution in [0.25, 0.3) is 0 Å². The number of benzene rings is 1. The molecule has 0 aromatic heterocycles. The molecule has 1 aromatic carbocycles. The summed E-state index contributed by atoms with van der Waals surface area (Å²) < 4.78 is 5.80. The number of hydrogen-bond donors (Lipinski definition) is 1. The van der Waals surface area contributed by atoms with Crippen molar-refractivity contribution in [1.82, 2.24) is 4.90 Å². The first-order valence-electron chi connectivity index (χ1n) is 6.75. The molecule has 2 atom stereocenters. The SMILES string of the molecule is Cc1ccccc1OCCN1CCC(O)C(C)C1. The van der Waals surface area contributed by atoms with Gasteiger partial charge in [-0.25, -0.2) is 0 Å². The number of likely N-dealkylation sites (tertiary alicyclic amines) is 1. The normalized spacial score (nSPS) is 25.1. The molecule has 1 fully saturated rings. The van der Waals surface area contributed by atoms with E-state index in [-0.39, 0.29) is 6.10 Å². The van der Waals surface area contributed by atoms with Gasteiger partial charge in [-0.3, -0.25) is 4.90 Å². The van der Waals surface area contributed by atoms with Crippen molar-refractivity contribution >= 4 is 0 Å². The molecule has 1 aliphatic heterocycles. The molecule has 1 N–H and O–H groups in total. The lowest BCUT2D eigenvalue weighted by molar-refractivity contribution is 0.0304. The third-order valence-electron chi connectivity index (χ3n) is 3.70. The Morgan fingerprint density at radius 2 is 2.17 bits per heavy atom. The smallest absolute Gasteiger partial charge is 0.122 e. The van der Waals surface area contributed by atoms with Gasteiger partial charge in [-0.2, -0.15) is 0 Å². The molecule has 0 bridgehead atoms. The zero-order chi connectivity index (χ0) is 13.0. The molecule has 1 aliphatic rings. The quantitative estimate of drug-likeness (QED) is 0.886. The fourth-order valence-electron chi connectivity index (χ4n) is 2.43. The molecule has 1 saturated heterocycles. The zero-order valence-electron chi connectivity index (χ0n) is 11.3. The first kappa shape index (κ1) is 13.4. The summed E-state index contributed by atoms with van der Waals surface area (Å²) in [6.07, 6.45) is 0.754. The Morgan fingerprint density at radius 3 is 2.89 bits per heavy atom. The predicted molar refractivity (Wildman–Crippen MR) is 72.9 cm³/mol. The monoisotopic (exact) mass is 249 g/mol. The van der Waals surface area contributed by atoms with Gasteiger partial charge in [-0.15, -0.1) is 0 Å². The summed E-state index contributed by atoms with van der Waals surface area (Å²) >= 11 is 0. The van der Waals surface area contributed by atoms with Crippen LogP contribution in [-0.2, 0) is 0 Å². The van der Waals surface area contributed by atoms with E-state index in [9.17, 15) is 5.11 Å². The van der Waals surface area contributed by atoms with Gasteiger partial charge in [0.2, 0.25) is 0 Å². The number of aryl methyl sites for hydroxylation is 1. The molecule has 100 valence electrons. The molecule has 2 unspecified atom stereocenters. The Hall–Kier alpha value is -1.06. The van der Waals surface area contributed by atoms with Crippen molar-refractivity contribution in [3.05, 3.63) is 29.8 Å². The Balaban J connectivity index is 1.74. The highest BCUT2D eigenvalue weighted by atomic mass is 16.5. The summed E-state index contributed by atoms with van der Waals surface area (Å²) in [5.41, 5.74) is 1.18. The number of hydrogen-bond acceptors (Lipinski definition) is 3. The minimum Gasteiger partial charge on any atom is -0.492 e. The molecule has 1 heterocycles. The van der Waals surface area contributed by atoms with Gasteiger partial charge in [0.05, 0.1) is 6.10 Å². The molecular weight excluding hydrogens is 226 g/mol. The second kappa shape index (κ2) is 6.21. The second-order valence-corrected chi connectivity index (χ2v) is 5.25. The Bertz CT molecular complexity index is 381. The van der Waals surface area contributed by atoms with Gasteiger partial charge in [0, 0.05) is 19.6 Å². The van der Waals surface area contributed by atoms with E-state index in [1.165, 1.54) is 5.56 Å². The number of aliphatic hydroxyl groups excluding tert-OH is 1. The minimum absolute atomic E-state index is 0.126. The second-order valence-electron chi connectivity index (χ2n) is 5.25. The van der Waals surface area contributed by atoms with Crippen molar-refractivity contribution in [3.8, 4) is 5.75 Å². The van der Waals surface area contributed by atoms with E-state index in [2.05, 4.69) is 24.8 Å². The number of ether oxygens (including phenoxy) is 1. The van der Waals surface area contributed by atoms with Gasteiger partial charge in [-0.1, -0.05) is 25.1 Å². The van der Waals surface area contributed by atoms with E-state index in [4.69, 9.17) is 4.74 Å². The standard InChI is InChI=1S/C15H23NO2/c1-12-5-3-4-6-15(12)18-10-9-16-8-7-14(17)13(2)11-16/h3-6,13-14,17H,7-11H2,1-2H3. The van der Waals surface area contributed by atoms with Gasteiger partial charge in [0.25, 0.3) is 0 Å². The van der Waals surface area contributed by atoms with Gasteiger partial charge >= 0.3 is 0 Å². The first-order valence-corrected chi connectivity index (χ1v) is 6.75. The average molecular weight is 249 g/mol. The molecule has 18 heavy (non-hydrogen) atoms. The van der Waals surface area contributed by atoms with Crippen molar-refractivity contribution < 1.29 is 9.84 Å². The molecule has 2 rings (SSSR count). The lowest BCUT2D eigenvalue weighted by atomic mass is 9.97. The van der Waals surface area contributed by atoms with E-state index >= 15 is 0 Å². The maximum atomic E-state index is 9.68. The Morgan fingerprint density at radius 1 is 1.39 bits per heavy atom. The third-order valence-corrected chi connectivity index (χ3v) is 3.70. The number of para-hydroxylation sites is 1. The highest BCUT2D eigenvalue weighted by Gasteiger charge is 2.23. The van der Waals surface area contributed by atoms with Crippen molar-refractivity contribution in [1.29, 1.82) is 0 Å². The van der Waals surface area contributed by atoms with E-state index < -0.39 is 0 Å². The molecule has 0 amide bonds. The molecule has 3 nitrogen and oxygen atoms in total. The lowest BCUT2D eigenvalue weighted by Gasteiger charge is -2.34. The number of nitrogens with zero attached hydrogens (tertiary/aromatic N) is 1. The molecule has 1 aromatic rings. The van der Waals surface area contributed by atoms with Crippen LogP contribution < -0.4 is 4.74 Å². The van der Waals surface area contributed by atoms with Gasteiger partial charge in [0.1, 0.15) is 12.4 Å². The van der Waals surface area contributed by atoms with Crippen LogP contribution in [0.4, 0.5) is 0 Å². The highest BCUT2D eigenvalue weighted by Crippen LogP contribution is 2.18. The summed E-state index contributed by atoms with van der Waals surface area (Å²) in [4.78, 5) is 2.37. The van der Waals surface area contributed by atoms with E-state index in [1.807, 2.05) is 18.2 Å². The van der Waals surface area contributed by atoms with Gasteiger partial charge < -0.3 is 9.84 Å². The summed E-state index contributed by atoms with van der Waals surface area (Å²) in [6, 6.07) is 8.10. The van der Waals surface area contributed by atoms with Crippen LogP contribution in [0.5, 0.6) is 5.75 Å². The minimum atomic E-state index is -0.126. The average Bonchev–Trinajstić information content (AvgIpc) is 2.36. The molecule has 3 heteroatoms. The summed E-state index contributed by atoms with van der Waals surface area (Å²) in [7, 11) is 0. The van der Waals surface area contributed by atoms with E-state index in [1.54, 1.807) is 0 Å². The molecule has 0 aliphatic carbocycles. The van der Waals surface area contributed by atoms with Gasteiger partial charge in [-0.05, 0) is 30.9 Å². The number of piperidine rings is 1. The summed E-state index contributed by atoms with van der Waals surface area (Å²) in [6.45, 7) is 7.77. The van der Waals surface area contributed by atoms with Gasteiger partial charge in [0.15, 0.2) is 0 Å². The lowest BCUT2D eigenvalue weighted by Crippen LogP contribution is -2.43. The van der Waals surface area contributed by atoms with E-state index in [0.717, 1.165) is 31.8 Å². The van der Waals surface area contributed by atoms with Crippen LogP contribution in [0.15, 0.2) is 24.3 Å². The highest BCUT2D eigenvalue weighted by molar-refractivity contribution is 5.31. The number of aliphatic hydroxyl groups is 1. The molecule has 0 radical (unpaired) electrons. The topological polar surface area (TPSA) is 32.7 Å². The molecular formula is C15H23NO2. The van der Waals surface area contributed by atoms with Crippen molar-refractivity contribution in [2.75, 3.05) is 26.2 Å². The fraction of sp³-hybridized carbons (Fsp3) is 0.600. The predicted octanol–water partition coefficient (Wildman–Crippen LogP) is 2.08. The van der Waals surface area contributed by atoms with Crippen LogP contribution in [0.1, 0.15) is 18.9 Å². The van der Waals surface area contributed by atoms with Crippen LogP contribution in [0.2, 0.25) is 0 Å². The van der Waals surface area contributed by atoms with Crippen LogP contribution in [-0.4, -0.2) is 42.4 Å². The zero-order valence-corrected chi connectivity index (χ0v) is 11.3. The van der Waals surface area contributed by atoms with Crippen LogP contribution in [0.3, 0.4) is 0 Å². The van der Waals surface area contributed by atoms with Crippen molar-refractivity contribution in [2.24, 2.45) is 5.92 Å². The maximum absolute atomic E-state index is 9.68. The Labute approximate surface area is 109 Å². The maximum Gasteiger partial charge on any atom is 0.122 e. The molecule has 0 saturated carbocycles. The van der Waals surface area contributed by atoms with Crippen molar-refractivity contribution in [2.45, 2.75) is 26.4 Å². The Kier molecular flexibility index (Phi) is 4.61.